The van der Waals surface area contributed by atoms with E-state index < -0.39 is 10.0 Å². The van der Waals surface area contributed by atoms with E-state index >= 15 is 0 Å². The summed E-state index contributed by atoms with van der Waals surface area (Å²) in [6, 6.07) is 5.62. The average molecular weight is 391 g/mol. The highest BCUT2D eigenvalue weighted by atomic mass is 35.5. The van der Waals surface area contributed by atoms with Gasteiger partial charge in [0.1, 0.15) is 5.75 Å². The highest BCUT2D eigenvalue weighted by Gasteiger charge is 2.05. The second-order valence-electron chi connectivity index (χ2n) is 5.28. The molecule has 3 N–H and O–H groups in total. The Balaban J connectivity index is 2.28. The molecule has 1 aromatic carbocycles. The van der Waals surface area contributed by atoms with Gasteiger partial charge in [-0.3, -0.25) is 4.99 Å². The number of rotatable bonds is 10. The molecule has 0 aromatic heterocycles. The summed E-state index contributed by atoms with van der Waals surface area (Å²) in [5.74, 6) is 1.50. The van der Waals surface area contributed by atoms with Gasteiger partial charge in [-0.25, -0.2) is 13.1 Å². The molecule has 0 heterocycles. The van der Waals surface area contributed by atoms with Crippen LogP contribution in [0.4, 0.5) is 0 Å². The number of hydrogen-bond donors (Lipinski definition) is 3. The van der Waals surface area contributed by atoms with Crippen molar-refractivity contribution in [3.8, 4) is 5.75 Å². The van der Waals surface area contributed by atoms with Crippen LogP contribution in [-0.2, 0) is 16.4 Å². The largest absolute Gasteiger partial charge is 0.497 e. The fourth-order valence-electron chi connectivity index (χ4n) is 2.02. The van der Waals surface area contributed by atoms with Crippen molar-refractivity contribution in [2.75, 3.05) is 39.5 Å². The second-order valence-corrected chi connectivity index (χ2v) is 7.79. The molecule has 9 heteroatoms. The quantitative estimate of drug-likeness (QED) is 0.319. The third kappa shape index (κ3) is 8.42. The van der Waals surface area contributed by atoms with E-state index in [1.807, 2.05) is 12.1 Å². The van der Waals surface area contributed by atoms with Crippen LogP contribution in [0.15, 0.2) is 23.2 Å². The van der Waals surface area contributed by atoms with Gasteiger partial charge < -0.3 is 15.4 Å². The molecule has 0 atom stereocenters. The SMILES string of the molecule is CCS(=O)(=O)NCCCNC(=NC)NCCc1ccc(OC)cc1Cl. The highest BCUT2D eigenvalue weighted by molar-refractivity contribution is 7.89. The van der Waals surface area contributed by atoms with Crippen molar-refractivity contribution in [2.24, 2.45) is 4.99 Å². The summed E-state index contributed by atoms with van der Waals surface area (Å²) >= 11 is 6.21. The molecule has 0 radical (unpaired) electrons. The molecule has 1 rings (SSSR count). The molecular weight excluding hydrogens is 364 g/mol. The van der Waals surface area contributed by atoms with E-state index in [1.165, 1.54) is 0 Å². The maximum absolute atomic E-state index is 11.3. The molecule has 0 bridgehead atoms. The van der Waals surface area contributed by atoms with Gasteiger partial charge in [-0.05, 0) is 37.5 Å². The molecule has 0 saturated heterocycles. The monoisotopic (exact) mass is 390 g/mol. The van der Waals surface area contributed by atoms with Crippen LogP contribution in [0.25, 0.3) is 0 Å². The zero-order chi connectivity index (χ0) is 18.7. The number of nitrogens with one attached hydrogen (secondary N) is 3. The molecular formula is C16H27ClN4O3S. The summed E-state index contributed by atoms with van der Waals surface area (Å²) in [4.78, 5) is 4.13. The van der Waals surface area contributed by atoms with Crippen LogP contribution in [0, 0.1) is 0 Å². The molecule has 0 saturated carbocycles. The van der Waals surface area contributed by atoms with Gasteiger partial charge in [-0.1, -0.05) is 17.7 Å². The second kappa shape index (κ2) is 11.2. The standard InChI is InChI=1S/C16H27ClN4O3S/c1-4-25(22,23)21-10-5-9-19-16(18-2)20-11-8-13-6-7-14(24-3)12-15(13)17/h6-7,12,21H,4-5,8-11H2,1-3H3,(H2,18,19,20). The lowest BCUT2D eigenvalue weighted by Gasteiger charge is -2.13. The maximum Gasteiger partial charge on any atom is 0.211 e. The lowest BCUT2D eigenvalue weighted by atomic mass is 10.1. The van der Waals surface area contributed by atoms with Crippen LogP contribution in [0.5, 0.6) is 5.75 Å². The number of nitrogens with zero attached hydrogens (tertiary/aromatic N) is 1. The van der Waals surface area contributed by atoms with Crippen molar-refractivity contribution in [1.82, 2.24) is 15.4 Å². The molecule has 0 amide bonds. The third-order valence-corrected chi connectivity index (χ3v) is 5.27. The first kappa shape index (κ1) is 21.5. The molecule has 25 heavy (non-hydrogen) atoms. The fourth-order valence-corrected chi connectivity index (χ4v) is 2.94. The average Bonchev–Trinajstić information content (AvgIpc) is 2.60. The third-order valence-electron chi connectivity index (χ3n) is 3.52. The van der Waals surface area contributed by atoms with E-state index in [0.29, 0.717) is 37.0 Å². The maximum atomic E-state index is 11.3. The summed E-state index contributed by atoms with van der Waals surface area (Å²) in [7, 11) is 0.172. The number of ether oxygens (including phenoxy) is 1. The Morgan fingerprint density at radius 1 is 1.24 bits per heavy atom. The van der Waals surface area contributed by atoms with Crippen LogP contribution in [0.1, 0.15) is 18.9 Å². The number of halogens is 1. The van der Waals surface area contributed by atoms with Gasteiger partial charge in [0.2, 0.25) is 10.0 Å². The van der Waals surface area contributed by atoms with E-state index in [-0.39, 0.29) is 5.75 Å². The number of sulfonamides is 1. The highest BCUT2D eigenvalue weighted by Crippen LogP contribution is 2.22. The lowest BCUT2D eigenvalue weighted by Crippen LogP contribution is -2.39. The molecule has 0 aliphatic heterocycles. The van der Waals surface area contributed by atoms with Crippen molar-refractivity contribution in [1.29, 1.82) is 0 Å². The normalized spacial score (nSPS) is 12.1. The van der Waals surface area contributed by atoms with Crippen LogP contribution in [0.2, 0.25) is 5.02 Å². The lowest BCUT2D eigenvalue weighted by molar-refractivity contribution is 0.414. The van der Waals surface area contributed by atoms with Gasteiger partial charge in [-0.15, -0.1) is 0 Å². The number of benzene rings is 1. The molecule has 0 fully saturated rings. The van der Waals surface area contributed by atoms with E-state index in [9.17, 15) is 8.42 Å². The van der Waals surface area contributed by atoms with Crippen LogP contribution in [-0.4, -0.2) is 53.9 Å². The Labute approximate surface area is 155 Å². The summed E-state index contributed by atoms with van der Waals surface area (Å²) in [6.45, 7) is 3.31. The summed E-state index contributed by atoms with van der Waals surface area (Å²) < 4.78 is 30.3. The molecule has 0 spiro atoms. The van der Waals surface area contributed by atoms with E-state index in [4.69, 9.17) is 16.3 Å². The summed E-state index contributed by atoms with van der Waals surface area (Å²) in [6.07, 6.45) is 1.42. The van der Waals surface area contributed by atoms with Crippen molar-refractivity contribution in [3.05, 3.63) is 28.8 Å². The Hall–Kier alpha value is -1.51. The molecule has 0 aliphatic rings. The molecule has 7 nitrogen and oxygen atoms in total. The molecule has 142 valence electrons. The predicted octanol–water partition coefficient (Wildman–Crippen LogP) is 1.39. The van der Waals surface area contributed by atoms with Gasteiger partial charge in [0.05, 0.1) is 12.9 Å². The van der Waals surface area contributed by atoms with Crippen molar-refractivity contribution < 1.29 is 13.2 Å². The van der Waals surface area contributed by atoms with E-state index in [0.717, 1.165) is 17.7 Å². The van der Waals surface area contributed by atoms with Gasteiger partial charge in [0.25, 0.3) is 0 Å². The Kier molecular flexibility index (Phi) is 9.62. The zero-order valence-electron chi connectivity index (χ0n) is 14.9. The van der Waals surface area contributed by atoms with Gasteiger partial charge in [0, 0.05) is 31.7 Å². The summed E-state index contributed by atoms with van der Waals surface area (Å²) in [5, 5.41) is 7.02. The predicted molar refractivity (Wildman–Crippen MR) is 103 cm³/mol. The van der Waals surface area contributed by atoms with E-state index in [1.54, 1.807) is 27.1 Å². The molecule has 0 aliphatic carbocycles. The van der Waals surface area contributed by atoms with Gasteiger partial charge in [-0.2, -0.15) is 0 Å². The number of aliphatic imine (C=N–C) groups is 1. The van der Waals surface area contributed by atoms with Crippen molar-refractivity contribution in [3.63, 3.8) is 0 Å². The van der Waals surface area contributed by atoms with Gasteiger partial charge >= 0.3 is 0 Å². The minimum Gasteiger partial charge on any atom is -0.497 e. The number of methoxy groups -OCH3 is 1. The van der Waals surface area contributed by atoms with Gasteiger partial charge in [0.15, 0.2) is 5.96 Å². The first-order valence-corrected chi connectivity index (χ1v) is 10.2. The first-order valence-electron chi connectivity index (χ1n) is 8.16. The number of hydrogen-bond acceptors (Lipinski definition) is 4. The first-order chi connectivity index (χ1) is 11.9. The topological polar surface area (TPSA) is 91.8 Å². The van der Waals surface area contributed by atoms with Crippen LogP contribution >= 0.6 is 11.6 Å². The molecule has 1 aromatic rings. The fraction of sp³-hybridized carbons (Fsp3) is 0.562. The minimum absolute atomic E-state index is 0.0948. The van der Waals surface area contributed by atoms with Crippen LogP contribution < -0.4 is 20.1 Å². The van der Waals surface area contributed by atoms with E-state index in [2.05, 4.69) is 20.3 Å². The number of guanidine groups is 1. The zero-order valence-corrected chi connectivity index (χ0v) is 16.5. The molecule has 0 unspecified atom stereocenters. The minimum atomic E-state index is -3.12. The van der Waals surface area contributed by atoms with Crippen molar-refractivity contribution in [2.45, 2.75) is 19.8 Å². The summed E-state index contributed by atoms with van der Waals surface area (Å²) in [5.41, 5.74) is 1.03. The van der Waals surface area contributed by atoms with Crippen molar-refractivity contribution >= 4 is 27.6 Å². The Morgan fingerprint density at radius 2 is 1.96 bits per heavy atom. The Morgan fingerprint density at radius 3 is 2.56 bits per heavy atom. The smallest absolute Gasteiger partial charge is 0.211 e. The van der Waals surface area contributed by atoms with Crippen LogP contribution in [0.3, 0.4) is 0 Å². The Bertz CT molecular complexity index is 665.